The highest BCUT2D eigenvalue weighted by molar-refractivity contribution is 6.42. The number of hydrogen-bond acceptors (Lipinski definition) is 5. The van der Waals surface area contributed by atoms with Gasteiger partial charge in [-0.15, -0.1) is 0 Å². The first-order valence-electron chi connectivity index (χ1n) is 5.66. The van der Waals surface area contributed by atoms with Gasteiger partial charge >= 0.3 is 0 Å². The van der Waals surface area contributed by atoms with Crippen molar-refractivity contribution in [1.29, 1.82) is 0 Å². The van der Waals surface area contributed by atoms with Crippen LogP contribution in [0.25, 0.3) is 11.5 Å². The average molecular weight is 301 g/mol. The van der Waals surface area contributed by atoms with Gasteiger partial charge in [-0.05, 0) is 32.3 Å². The molecule has 0 aliphatic carbocycles. The van der Waals surface area contributed by atoms with E-state index in [0.717, 1.165) is 0 Å². The molecule has 2 N–H and O–H groups in total. The van der Waals surface area contributed by atoms with Crippen LogP contribution >= 0.6 is 23.2 Å². The summed E-state index contributed by atoms with van der Waals surface area (Å²) >= 11 is 11.8. The van der Waals surface area contributed by atoms with Gasteiger partial charge in [-0.3, -0.25) is 0 Å². The molecule has 1 aromatic carbocycles. The zero-order valence-corrected chi connectivity index (χ0v) is 12.1. The lowest BCUT2D eigenvalue weighted by atomic mass is 10.2. The zero-order chi connectivity index (χ0) is 14.0. The molecule has 7 heteroatoms. The molecule has 0 aliphatic heterocycles. The largest absolute Gasteiger partial charge is 0.334 e. The monoisotopic (exact) mass is 300 g/mol. The maximum atomic E-state index is 5.97. The topological polar surface area (TPSA) is 68.2 Å². The van der Waals surface area contributed by atoms with Gasteiger partial charge in [0.1, 0.15) is 0 Å². The molecule has 1 atom stereocenters. The summed E-state index contributed by atoms with van der Waals surface area (Å²) in [5.74, 6) is 0.845. The van der Waals surface area contributed by atoms with Gasteiger partial charge in [-0.1, -0.05) is 28.4 Å². The molecule has 102 valence electrons. The standard InChI is InChI=1S/C12H14Cl2N4O/c1-18(2)6-10(15)11-16-12(19-17-11)7-3-4-8(13)9(14)5-7/h3-5,10H,6,15H2,1-2H3. The van der Waals surface area contributed by atoms with Gasteiger partial charge in [-0.25, -0.2) is 0 Å². The molecule has 2 rings (SSSR count). The smallest absolute Gasteiger partial charge is 0.258 e. The number of rotatable bonds is 4. The van der Waals surface area contributed by atoms with Crippen LogP contribution in [-0.2, 0) is 0 Å². The third-order valence-electron chi connectivity index (χ3n) is 2.50. The highest BCUT2D eigenvalue weighted by Crippen LogP contribution is 2.27. The van der Waals surface area contributed by atoms with Crippen LogP contribution in [0.15, 0.2) is 22.7 Å². The van der Waals surface area contributed by atoms with Crippen molar-refractivity contribution in [1.82, 2.24) is 15.0 Å². The fourth-order valence-electron chi connectivity index (χ4n) is 1.61. The van der Waals surface area contributed by atoms with Gasteiger partial charge < -0.3 is 15.2 Å². The predicted molar refractivity (Wildman–Crippen MR) is 75.2 cm³/mol. The zero-order valence-electron chi connectivity index (χ0n) is 10.6. The van der Waals surface area contributed by atoms with Crippen molar-refractivity contribution in [2.75, 3.05) is 20.6 Å². The summed E-state index contributed by atoms with van der Waals surface area (Å²) in [6.45, 7) is 0.639. The van der Waals surface area contributed by atoms with Crippen molar-refractivity contribution in [2.24, 2.45) is 5.73 Å². The number of nitrogens with two attached hydrogens (primary N) is 1. The van der Waals surface area contributed by atoms with Crippen molar-refractivity contribution >= 4 is 23.2 Å². The van der Waals surface area contributed by atoms with Crippen molar-refractivity contribution in [3.05, 3.63) is 34.1 Å². The lowest BCUT2D eigenvalue weighted by molar-refractivity contribution is 0.357. The minimum absolute atomic E-state index is 0.296. The summed E-state index contributed by atoms with van der Waals surface area (Å²) in [7, 11) is 3.86. The van der Waals surface area contributed by atoms with E-state index in [4.69, 9.17) is 33.5 Å². The summed E-state index contributed by atoms with van der Waals surface area (Å²) in [6.07, 6.45) is 0. The van der Waals surface area contributed by atoms with E-state index in [9.17, 15) is 0 Å². The molecule has 1 heterocycles. The molecule has 0 aliphatic rings. The number of halogens is 2. The fourth-order valence-corrected chi connectivity index (χ4v) is 1.91. The lowest BCUT2D eigenvalue weighted by Gasteiger charge is -2.12. The summed E-state index contributed by atoms with van der Waals surface area (Å²) in [6, 6.07) is 4.83. The molecule has 0 bridgehead atoms. The molecular formula is C12H14Cl2N4O. The van der Waals surface area contributed by atoms with Crippen LogP contribution in [0.3, 0.4) is 0 Å². The maximum Gasteiger partial charge on any atom is 0.258 e. The Balaban J connectivity index is 2.22. The third-order valence-corrected chi connectivity index (χ3v) is 3.24. The number of likely N-dealkylation sites (N-methyl/N-ethyl adjacent to an activating group) is 1. The van der Waals surface area contributed by atoms with Crippen LogP contribution in [-0.4, -0.2) is 35.7 Å². The Hall–Kier alpha value is -1.14. The van der Waals surface area contributed by atoms with E-state index in [1.165, 1.54) is 0 Å². The van der Waals surface area contributed by atoms with Gasteiger partial charge in [0.05, 0.1) is 16.1 Å². The SMILES string of the molecule is CN(C)CC(N)c1noc(-c2ccc(Cl)c(Cl)c2)n1. The van der Waals surface area contributed by atoms with E-state index in [2.05, 4.69) is 10.1 Å². The second-order valence-electron chi connectivity index (χ2n) is 4.46. The predicted octanol–water partition coefficient (Wildman–Crippen LogP) is 2.60. The van der Waals surface area contributed by atoms with Crippen LogP contribution < -0.4 is 5.73 Å². The van der Waals surface area contributed by atoms with Crippen molar-refractivity contribution < 1.29 is 4.52 Å². The number of benzene rings is 1. The van der Waals surface area contributed by atoms with E-state index in [0.29, 0.717) is 33.9 Å². The van der Waals surface area contributed by atoms with Gasteiger partial charge in [0.25, 0.3) is 5.89 Å². The normalized spacial score (nSPS) is 12.9. The molecular weight excluding hydrogens is 287 g/mol. The first kappa shape index (κ1) is 14.3. The first-order valence-corrected chi connectivity index (χ1v) is 6.42. The fraction of sp³-hybridized carbons (Fsp3) is 0.333. The molecule has 19 heavy (non-hydrogen) atoms. The summed E-state index contributed by atoms with van der Waals surface area (Å²) < 4.78 is 5.19. The Kier molecular flexibility index (Phi) is 4.42. The molecule has 1 unspecified atom stereocenters. The molecule has 2 aromatic rings. The number of nitrogens with zero attached hydrogens (tertiary/aromatic N) is 3. The minimum Gasteiger partial charge on any atom is -0.334 e. The Morgan fingerprint density at radius 3 is 2.68 bits per heavy atom. The van der Waals surface area contributed by atoms with Crippen molar-refractivity contribution in [3.63, 3.8) is 0 Å². The minimum atomic E-state index is -0.296. The number of aromatic nitrogens is 2. The molecule has 0 amide bonds. The second kappa shape index (κ2) is 5.88. The van der Waals surface area contributed by atoms with Crippen LogP contribution in [0.4, 0.5) is 0 Å². The molecule has 1 aromatic heterocycles. The Morgan fingerprint density at radius 1 is 1.32 bits per heavy atom. The van der Waals surface area contributed by atoms with Crippen LogP contribution in [0.2, 0.25) is 10.0 Å². The van der Waals surface area contributed by atoms with Gasteiger partial charge in [0.15, 0.2) is 5.82 Å². The molecule has 0 saturated carbocycles. The van der Waals surface area contributed by atoms with Crippen LogP contribution in [0, 0.1) is 0 Å². The summed E-state index contributed by atoms with van der Waals surface area (Å²) in [4.78, 5) is 6.23. The van der Waals surface area contributed by atoms with Gasteiger partial charge in [0.2, 0.25) is 0 Å². The van der Waals surface area contributed by atoms with E-state index in [1.54, 1.807) is 18.2 Å². The van der Waals surface area contributed by atoms with Gasteiger partial charge in [-0.2, -0.15) is 4.98 Å². The average Bonchev–Trinajstić information content (AvgIpc) is 2.81. The number of hydrogen-bond donors (Lipinski definition) is 1. The molecule has 0 fully saturated rings. The van der Waals surface area contributed by atoms with E-state index < -0.39 is 0 Å². The van der Waals surface area contributed by atoms with Crippen LogP contribution in [0.5, 0.6) is 0 Å². The maximum absolute atomic E-state index is 5.97. The second-order valence-corrected chi connectivity index (χ2v) is 5.27. The van der Waals surface area contributed by atoms with Crippen LogP contribution in [0.1, 0.15) is 11.9 Å². The molecule has 5 nitrogen and oxygen atoms in total. The Labute approximate surface area is 121 Å². The van der Waals surface area contributed by atoms with E-state index in [-0.39, 0.29) is 6.04 Å². The van der Waals surface area contributed by atoms with Crippen molar-refractivity contribution in [2.45, 2.75) is 6.04 Å². The first-order chi connectivity index (χ1) is 8.97. The van der Waals surface area contributed by atoms with Gasteiger partial charge in [0, 0.05) is 12.1 Å². The van der Waals surface area contributed by atoms with Crippen molar-refractivity contribution in [3.8, 4) is 11.5 Å². The highest BCUT2D eigenvalue weighted by Gasteiger charge is 2.16. The Morgan fingerprint density at radius 2 is 2.05 bits per heavy atom. The quantitative estimate of drug-likeness (QED) is 0.940. The molecule has 0 spiro atoms. The van der Waals surface area contributed by atoms with E-state index >= 15 is 0 Å². The summed E-state index contributed by atoms with van der Waals surface area (Å²) in [5, 5.41) is 4.81. The Bertz CT molecular complexity index is 571. The highest BCUT2D eigenvalue weighted by atomic mass is 35.5. The van der Waals surface area contributed by atoms with E-state index in [1.807, 2.05) is 19.0 Å². The summed E-state index contributed by atoms with van der Waals surface area (Å²) in [5.41, 5.74) is 6.68. The lowest BCUT2D eigenvalue weighted by Crippen LogP contribution is -2.26. The third kappa shape index (κ3) is 3.45. The molecule has 0 saturated heterocycles. The molecule has 0 radical (unpaired) electrons.